The summed E-state index contributed by atoms with van der Waals surface area (Å²) in [5, 5.41) is 6.21. The Morgan fingerprint density at radius 1 is 1.29 bits per heavy atom. The summed E-state index contributed by atoms with van der Waals surface area (Å²) in [6.45, 7) is 6.16. The second-order valence-corrected chi connectivity index (χ2v) is 3.66. The molecule has 0 spiro atoms. The minimum atomic E-state index is 0.375. The van der Waals surface area contributed by atoms with Crippen molar-refractivity contribution in [3.05, 3.63) is 0 Å². The van der Waals surface area contributed by atoms with Gasteiger partial charge in [0.05, 0.1) is 6.61 Å². The standard InChI is InChI=1S/C10H18N6O/c1-3-17-10-14-8(11-2)13-9(15-10)16-6-4-12-5-7-16/h12H,3-7H2,1-2H3,(H,11,13,14,15). The fourth-order valence-electron chi connectivity index (χ4n) is 1.66. The van der Waals surface area contributed by atoms with Gasteiger partial charge in [-0.25, -0.2) is 0 Å². The molecule has 1 aromatic rings. The minimum Gasteiger partial charge on any atom is -0.464 e. The predicted molar refractivity (Wildman–Crippen MR) is 65.6 cm³/mol. The van der Waals surface area contributed by atoms with Crippen LogP contribution in [0, 0.1) is 0 Å². The summed E-state index contributed by atoms with van der Waals surface area (Å²) >= 11 is 0. The van der Waals surface area contributed by atoms with Gasteiger partial charge in [-0.2, -0.15) is 15.0 Å². The predicted octanol–water partition coefficient (Wildman–Crippen LogP) is -0.278. The van der Waals surface area contributed by atoms with Crippen LogP contribution in [0.1, 0.15) is 6.92 Å². The van der Waals surface area contributed by atoms with Gasteiger partial charge in [-0.1, -0.05) is 0 Å². The van der Waals surface area contributed by atoms with Gasteiger partial charge in [-0.15, -0.1) is 0 Å². The third-order valence-corrected chi connectivity index (χ3v) is 2.50. The van der Waals surface area contributed by atoms with E-state index in [0.29, 0.717) is 24.5 Å². The maximum Gasteiger partial charge on any atom is 0.323 e. The molecule has 0 radical (unpaired) electrons. The number of hydrogen-bond donors (Lipinski definition) is 2. The van der Waals surface area contributed by atoms with Gasteiger partial charge in [-0.3, -0.25) is 0 Å². The summed E-state index contributed by atoms with van der Waals surface area (Å²) in [6, 6.07) is 0.375. The molecule has 2 N–H and O–H groups in total. The molecule has 1 fully saturated rings. The van der Waals surface area contributed by atoms with Gasteiger partial charge in [0.15, 0.2) is 0 Å². The molecule has 0 aliphatic carbocycles. The van der Waals surface area contributed by atoms with Crippen LogP contribution in [0.5, 0.6) is 6.01 Å². The van der Waals surface area contributed by atoms with Gasteiger partial charge in [-0.05, 0) is 6.92 Å². The highest BCUT2D eigenvalue weighted by atomic mass is 16.5. The van der Waals surface area contributed by atoms with Crippen LogP contribution >= 0.6 is 0 Å². The molecule has 1 aliphatic rings. The van der Waals surface area contributed by atoms with Crippen molar-refractivity contribution in [1.29, 1.82) is 0 Å². The first-order valence-electron chi connectivity index (χ1n) is 5.85. The molecule has 2 heterocycles. The lowest BCUT2D eigenvalue weighted by molar-refractivity contribution is 0.312. The normalized spacial score (nSPS) is 15.8. The molecule has 1 aromatic heterocycles. The van der Waals surface area contributed by atoms with Crippen molar-refractivity contribution in [2.45, 2.75) is 6.92 Å². The molecule has 94 valence electrons. The molecule has 0 saturated carbocycles. The first-order chi connectivity index (χ1) is 8.33. The number of aromatic nitrogens is 3. The lowest BCUT2D eigenvalue weighted by atomic mass is 10.4. The molecule has 0 bridgehead atoms. The van der Waals surface area contributed by atoms with Crippen molar-refractivity contribution >= 4 is 11.9 Å². The largest absolute Gasteiger partial charge is 0.464 e. The highest BCUT2D eigenvalue weighted by Crippen LogP contribution is 2.15. The molecule has 0 unspecified atom stereocenters. The summed E-state index contributed by atoms with van der Waals surface area (Å²) in [6.07, 6.45) is 0. The van der Waals surface area contributed by atoms with E-state index >= 15 is 0 Å². The summed E-state index contributed by atoms with van der Waals surface area (Å²) in [4.78, 5) is 14.9. The van der Waals surface area contributed by atoms with Gasteiger partial charge < -0.3 is 20.3 Å². The van der Waals surface area contributed by atoms with Gasteiger partial charge in [0.1, 0.15) is 0 Å². The summed E-state index contributed by atoms with van der Waals surface area (Å²) < 4.78 is 5.34. The molecular weight excluding hydrogens is 220 g/mol. The second kappa shape index (κ2) is 5.62. The molecular formula is C10H18N6O. The van der Waals surface area contributed by atoms with E-state index in [1.54, 1.807) is 7.05 Å². The fourth-order valence-corrected chi connectivity index (χ4v) is 1.66. The van der Waals surface area contributed by atoms with E-state index in [4.69, 9.17) is 4.74 Å². The molecule has 1 aliphatic heterocycles. The van der Waals surface area contributed by atoms with E-state index in [9.17, 15) is 0 Å². The Hall–Kier alpha value is -1.63. The molecule has 1 saturated heterocycles. The number of nitrogens with zero attached hydrogens (tertiary/aromatic N) is 4. The van der Waals surface area contributed by atoms with Crippen molar-refractivity contribution in [2.75, 3.05) is 50.1 Å². The van der Waals surface area contributed by atoms with Gasteiger partial charge in [0.2, 0.25) is 11.9 Å². The Bertz CT molecular complexity index is 366. The van der Waals surface area contributed by atoms with E-state index in [-0.39, 0.29) is 0 Å². The SMILES string of the molecule is CCOc1nc(NC)nc(N2CCNCC2)n1. The van der Waals surface area contributed by atoms with E-state index in [1.165, 1.54) is 0 Å². The molecule has 0 amide bonds. The number of piperazine rings is 1. The van der Waals surface area contributed by atoms with Crippen LogP contribution in [0.25, 0.3) is 0 Å². The van der Waals surface area contributed by atoms with Crippen LogP contribution in [0.3, 0.4) is 0 Å². The maximum absolute atomic E-state index is 5.34. The van der Waals surface area contributed by atoms with Crippen molar-refractivity contribution in [3.63, 3.8) is 0 Å². The Kier molecular flexibility index (Phi) is 3.92. The van der Waals surface area contributed by atoms with Crippen LogP contribution in [-0.2, 0) is 0 Å². The first kappa shape index (κ1) is 11.8. The summed E-state index contributed by atoms with van der Waals surface area (Å²) in [5.74, 6) is 1.21. The zero-order valence-corrected chi connectivity index (χ0v) is 10.2. The fraction of sp³-hybridized carbons (Fsp3) is 0.700. The van der Waals surface area contributed by atoms with Crippen LogP contribution in [0.15, 0.2) is 0 Å². The highest BCUT2D eigenvalue weighted by molar-refractivity contribution is 5.38. The second-order valence-electron chi connectivity index (χ2n) is 3.66. The Morgan fingerprint density at radius 2 is 2.06 bits per heavy atom. The first-order valence-corrected chi connectivity index (χ1v) is 5.85. The van der Waals surface area contributed by atoms with Crippen molar-refractivity contribution in [3.8, 4) is 6.01 Å². The number of nitrogens with one attached hydrogen (secondary N) is 2. The number of rotatable bonds is 4. The van der Waals surface area contributed by atoms with Gasteiger partial charge >= 0.3 is 6.01 Å². The number of anilines is 2. The Morgan fingerprint density at radius 3 is 2.71 bits per heavy atom. The van der Waals surface area contributed by atoms with Crippen LogP contribution in [0.2, 0.25) is 0 Å². The zero-order chi connectivity index (χ0) is 12.1. The molecule has 17 heavy (non-hydrogen) atoms. The van der Waals surface area contributed by atoms with E-state index in [1.807, 2.05) is 6.92 Å². The van der Waals surface area contributed by atoms with Crippen molar-refractivity contribution < 1.29 is 4.74 Å². The molecule has 0 aromatic carbocycles. The summed E-state index contributed by atoms with van der Waals surface area (Å²) in [7, 11) is 1.78. The number of ether oxygens (including phenoxy) is 1. The van der Waals surface area contributed by atoms with E-state index in [0.717, 1.165) is 26.2 Å². The van der Waals surface area contributed by atoms with E-state index < -0.39 is 0 Å². The smallest absolute Gasteiger partial charge is 0.323 e. The molecule has 2 rings (SSSR count). The average molecular weight is 238 g/mol. The quantitative estimate of drug-likeness (QED) is 0.747. The third kappa shape index (κ3) is 2.94. The molecule has 7 heteroatoms. The topological polar surface area (TPSA) is 75.2 Å². The van der Waals surface area contributed by atoms with Crippen LogP contribution < -0.4 is 20.3 Å². The lowest BCUT2D eigenvalue weighted by Gasteiger charge is -2.27. The summed E-state index contributed by atoms with van der Waals surface area (Å²) in [5.41, 5.74) is 0. The highest BCUT2D eigenvalue weighted by Gasteiger charge is 2.15. The van der Waals surface area contributed by atoms with Gasteiger partial charge in [0, 0.05) is 33.2 Å². The maximum atomic E-state index is 5.34. The molecule has 7 nitrogen and oxygen atoms in total. The van der Waals surface area contributed by atoms with Crippen molar-refractivity contribution in [1.82, 2.24) is 20.3 Å². The Balaban J connectivity index is 2.21. The molecule has 0 atom stereocenters. The average Bonchev–Trinajstić information content (AvgIpc) is 2.40. The van der Waals surface area contributed by atoms with Crippen LogP contribution in [0.4, 0.5) is 11.9 Å². The zero-order valence-electron chi connectivity index (χ0n) is 10.2. The van der Waals surface area contributed by atoms with Crippen LogP contribution in [-0.4, -0.2) is 54.8 Å². The minimum absolute atomic E-state index is 0.375. The van der Waals surface area contributed by atoms with Gasteiger partial charge in [0.25, 0.3) is 0 Å². The van der Waals surface area contributed by atoms with E-state index in [2.05, 4.69) is 30.5 Å². The Labute approximate surface area is 101 Å². The lowest BCUT2D eigenvalue weighted by Crippen LogP contribution is -2.44. The number of hydrogen-bond acceptors (Lipinski definition) is 7. The third-order valence-electron chi connectivity index (χ3n) is 2.50. The van der Waals surface area contributed by atoms with Crippen molar-refractivity contribution in [2.24, 2.45) is 0 Å². The monoisotopic (exact) mass is 238 g/mol.